The summed E-state index contributed by atoms with van der Waals surface area (Å²) in [5, 5.41) is 13.0. The third kappa shape index (κ3) is 1.99. The van der Waals surface area contributed by atoms with E-state index >= 15 is 0 Å². The fraction of sp³-hybridized carbons (Fsp3) is 0.647. The van der Waals surface area contributed by atoms with Crippen LogP contribution in [-0.2, 0) is 6.42 Å². The Hall–Kier alpha value is -2.45. The normalized spacial score (nSPS) is 29.7. The van der Waals surface area contributed by atoms with Crippen LogP contribution in [0.25, 0.3) is 0 Å². The predicted molar refractivity (Wildman–Crippen MR) is 91.9 cm³/mol. The summed E-state index contributed by atoms with van der Waals surface area (Å²) >= 11 is 0. The Morgan fingerprint density at radius 1 is 1.15 bits per heavy atom. The molecule has 2 aliphatic heterocycles. The first-order chi connectivity index (χ1) is 12.8. The summed E-state index contributed by atoms with van der Waals surface area (Å²) in [5.41, 5.74) is 4.37. The molecule has 0 aromatic carbocycles. The lowest BCUT2D eigenvalue weighted by Gasteiger charge is -2.45. The van der Waals surface area contributed by atoms with Crippen molar-refractivity contribution in [2.24, 2.45) is 16.9 Å². The van der Waals surface area contributed by atoms with Gasteiger partial charge in [0.2, 0.25) is 0 Å². The Balaban J connectivity index is 1.44. The van der Waals surface area contributed by atoms with Gasteiger partial charge in [0.15, 0.2) is 0 Å². The average Bonchev–Trinajstić information content (AvgIpc) is 3.04. The second-order valence-electron chi connectivity index (χ2n) is 7.91. The maximum atomic E-state index is 14.5. The van der Waals surface area contributed by atoms with Gasteiger partial charge in [0.25, 0.3) is 12.0 Å². The standard InChI is InChI=1S/C17H21FN8/c18-16-19-9-14-24(16)13-4-2-1-3-12(13)15-21-22-17(25(14)15)26-11(8-20-23-26)7-10-5-6-10/h8-10,12-13,15,21H,1-7H2. The molecule has 2 fully saturated rings. The van der Waals surface area contributed by atoms with Gasteiger partial charge >= 0.3 is 0 Å². The van der Waals surface area contributed by atoms with Crippen molar-refractivity contribution in [1.29, 1.82) is 0 Å². The third-order valence-electron chi connectivity index (χ3n) is 6.29. The molecule has 3 atom stereocenters. The Kier molecular flexibility index (Phi) is 2.98. The van der Waals surface area contributed by atoms with Crippen molar-refractivity contribution in [3.63, 3.8) is 0 Å². The summed E-state index contributed by atoms with van der Waals surface area (Å²) in [6.45, 7) is 0. The molecule has 136 valence electrons. The summed E-state index contributed by atoms with van der Waals surface area (Å²) in [5.74, 6) is 2.46. The van der Waals surface area contributed by atoms with E-state index in [4.69, 9.17) is 0 Å². The van der Waals surface area contributed by atoms with Gasteiger partial charge < -0.3 is 0 Å². The molecule has 2 aliphatic carbocycles. The number of hydrazone groups is 1. The predicted octanol–water partition coefficient (Wildman–Crippen LogP) is 1.87. The van der Waals surface area contributed by atoms with Crippen molar-refractivity contribution < 1.29 is 4.39 Å². The van der Waals surface area contributed by atoms with Gasteiger partial charge in [-0.05, 0) is 38.0 Å². The number of fused-ring (bicyclic) bond motifs is 6. The molecule has 4 heterocycles. The minimum absolute atomic E-state index is 0.0249. The van der Waals surface area contributed by atoms with Crippen LogP contribution in [0, 0.1) is 17.9 Å². The molecule has 8 nitrogen and oxygen atoms in total. The molecule has 2 aromatic rings. The van der Waals surface area contributed by atoms with Gasteiger partial charge in [-0.3, -0.25) is 14.9 Å². The SMILES string of the molecule is Fc1ncc2n1C1CCCCC1C1NN=C(n3nncc3CC3CC3)N21. The van der Waals surface area contributed by atoms with Gasteiger partial charge in [0.1, 0.15) is 12.0 Å². The van der Waals surface area contributed by atoms with Gasteiger partial charge in [-0.2, -0.15) is 9.07 Å². The second kappa shape index (κ2) is 5.28. The Bertz CT molecular complexity index is 881. The molecule has 2 aromatic heterocycles. The zero-order valence-corrected chi connectivity index (χ0v) is 14.4. The highest BCUT2D eigenvalue weighted by atomic mass is 19.1. The van der Waals surface area contributed by atoms with Crippen molar-refractivity contribution in [1.82, 2.24) is 30.0 Å². The summed E-state index contributed by atoms with van der Waals surface area (Å²) in [6.07, 6.45) is 10.9. The molecule has 4 aliphatic rings. The van der Waals surface area contributed by atoms with E-state index in [2.05, 4.69) is 30.7 Å². The Labute approximate surface area is 150 Å². The van der Waals surface area contributed by atoms with Crippen LogP contribution in [0.1, 0.15) is 50.3 Å². The van der Waals surface area contributed by atoms with Crippen LogP contribution in [0.4, 0.5) is 10.2 Å². The van der Waals surface area contributed by atoms with Crippen molar-refractivity contribution in [3.8, 4) is 0 Å². The lowest BCUT2D eigenvalue weighted by molar-refractivity contribution is 0.161. The fourth-order valence-electron chi connectivity index (χ4n) is 4.87. The monoisotopic (exact) mass is 356 g/mol. The minimum Gasteiger partial charge on any atom is -0.283 e. The second-order valence-corrected chi connectivity index (χ2v) is 7.91. The highest BCUT2D eigenvalue weighted by molar-refractivity contribution is 5.98. The molecule has 0 spiro atoms. The minimum atomic E-state index is -0.404. The summed E-state index contributed by atoms with van der Waals surface area (Å²) in [7, 11) is 0. The van der Waals surface area contributed by atoms with Gasteiger partial charge in [-0.1, -0.05) is 18.1 Å². The van der Waals surface area contributed by atoms with Crippen LogP contribution < -0.4 is 10.3 Å². The number of anilines is 1. The van der Waals surface area contributed by atoms with E-state index < -0.39 is 6.08 Å². The molecule has 2 saturated carbocycles. The van der Waals surface area contributed by atoms with E-state index in [1.54, 1.807) is 10.8 Å². The maximum Gasteiger partial charge on any atom is 0.291 e. The molecule has 9 heteroatoms. The number of halogens is 1. The molecule has 0 amide bonds. The lowest BCUT2D eigenvalue weighted by atomic mass is 9.80. The highest BCUT2D eigenvalue weighted by Crippen LogP contribution is 2.45. The maximum absolute atomic E-state index is 14.5. The Morgan fingerprint density at radius 3 is 2.92 bits per heavy atom. The van der Waals surface area contributed by atoms with Crippen molar-refractivity contribution in [2.45, 2.75) is 57.2 Å². The smallest absolute Gasteiger partial charge is 0.283 e. The van der Waals surface area contributed by atoms with E-state index in [9.17, 15) is 4.39 Å². The van der Waals surface area contributed by atoms with Crippen LogP contribution in [0.15, 0.2) is 17.5 Å². The largest absolute Gasteiger partial charge is 0.291 e. The third-order valence-corrected chi connectivity index (χ3v) is 6.29. The molecule has 6 rings (SSSR count). The summed E-state index contributed by atoms with van der Waals surface area (Å²) in [4.78, 5) is 6.04. The molecule has 0 saturated heterocycles. The quantitative estimate of drug-likeness (QED) is 0.889. The van der Waals surface area contributed by atoms with Gasteiger partial charge in [0, 0.05) is 12.0 Å². The average molecular weight is 356 g/mol. The zero-order chi connectivity index (χ0) is 17.3. The number of nitrogens with one attached hydrogen (secondary N) is 1. The lowest BCUT2D eigenvalue weighted by Crippen LogP contribution is -2.55. The van der Waals surface area contributed by atoms with E-state index in [0.29, 0.717) is 11.9 Å². The van der Waals surface area contributed by atoms with E-state index in [1.807, 2.05) is 10.9 Å². The number of imidazole rings is 1. The number of hydrogen-bond donors (Lipinski definition) is 1. The van der Waals surface area contributed by atoms with Gasteiger partial charge in [-0.25, -0.2) is 4.98 Å². The van der Waals surface area contributed by atoms with Crippen LogP contribution >= 0.6 is 0 Å². The first-order valence-corrected chi connectivity index (χ1v) is 9.56. The number of nitrogens with zero attached hydrogens (tertiary/aromatic N) is 7. The molecule has 0 radical (unpaired) electrons. The molecule has 3 unspecified atom stereocenters. The van der Waals surface area contributed by atoms with Crippen molar-refractivity contribution >= 4 is 11.8 Å². The van der Waals surface area contributed by atoms with Crippen molar-refractivity contribution in [2.75, 3.05) is 4.90 Å². The topological polar surface area (TPSA) is 76.2 Å². The van der Waals surface area contributed by atoms with Crippen molar-refractivity contribution in [3.05, 3.63) is 24.2 Å². The number of hydrogen-bond acceptors (Lipinski definition) is 6. The molecule has 0 bridgehead atoms. The first kappa shape index (κ1) is 14.7. The molecule has 26 heavy (non-hydrogen) atoms. The van der Waals surface area contributed by atoms with Crippen LogP contribution in [0.3, 0.4) is 0 Å². The van der Waals surface area contributed by atoms with Crippen LogP contribution in [0.5, 0.6) is 0 Å². The van der Waals surface area contributed by atoms with E-state index in [1.165, 1.54) is 19.3 Å². The van der Waals surface area contributed by atoms with Crippen LogP contribution in [-0.4, -0.2) is 36.7 Å². The molecular weight excluding hydrogens is 335 g/mol. The van der Waals surface area contributed by atoms with Gasteiger partial charge in [0.05, 0.1) is 18.1 Å². The van der Waals surface area contributed by atoms with E-state index in [-0.39, 0.29) is 12.2 Å². The van der Waals surface area contributed by atoms with E-state index in [0.717, 1.165) is 43.1 Å². The highest BCUT2D eigenvalue weighted by Gasteiger charge is 2.48. The fourth-order valence-corrected chi connectivity index (χ4v) is 4.87. The Morgan fingerprint density at radius 2 is 2.04 bits per heavy atom. The first-order valence-electron chi connectivity index (χ1n) is 9.56. The van der Waals surface area contributed by atoms with Gasteiger partial charge in [-0.15, -0.1) is 10.2 Å². The molecular formula is C17H21FN8. The zero-order valence-electron chi connectivity index (χ0n) is 14.4. The molecule has 1 N–H and O–H groups in total. The number of rotatable bonds is 2. The summed E-state index contributed by atoms with van der Waals surface area (Å²) in [6, 6.07) is 0.145. The van der Waals surface area contributed by atoms with Crippen LogP contribution in [0.2, 0.25) is 0 Å². The summed E-state index contributed by atoms with van der Waals surface area (Å²) < 4.78 is 18.1. The number of aromatic nitrogens is 5.